The van der Waals surface area contributed by atoms with Crippen molar-refractivity contribution in [2.75, 3.05) is 11.5 Å². The van der Waals surface area contributed by atoms with Crippen molar-refractivity contribution >= 4 is 31.7 Å². The van der Waals surface area contributed by atoms with E-state index in [-0.39, 0.29) is 23.5 Å². The molecule has 5 nitrogen and oxygen atoms in total. The zero-order valence-corrected chi connectivity index (χ0v) is 14.3. The number of carbonyl (C=O) groups is 1. The van der Waals surface area contributed by atoms with E-state index in [1.807, 2.05) is 19.1 Å². The van der Waals surface area contributed by atoms with E-state index in [1.54, 1.807) is 13.0 Å². The van der Waals surface area contributed by atoms with E-state index >= 15 is 0 Å². The molecule has 1 aliphatic rings. The fraction of sp³-hybridized carbons (Fsp3) is 0.500. The monoisotopic (exact) mass is 375 g/mol. The van der Waals surface area contributed by atoms with Gasteiger partial charge in [0, 0.05) is 6.04 Å². The van der Waals surface area contributed by atoms with Crippen molar-refractivity contribution in [1.82, 2.24) is 5.32 Å². The second-order valence-electron chi connectivity index (χ2n) is 5.30. The molecule has 2 atom stereocenters. The van der Waals surface area contributed by atoms with Gasteiger partial charge in [-0.3, -0.25) is 4.79 Å². The van der Waals surface area contributed by atoms with Crippen LogP contribution < -0.4 is 10.1 Å². The van der Waals surface area contributed by atoms with Crippen molar-refractivity contribution < 1.29 is 17.9 Å². The van der Waals surface area contributed by atoms with Crippen LogP contribution in [0.15, 0.2) is 22.7 Å². The minimum absolute atomic E-state index is 0.0136. The second kappa shape index (κ2) is 6.36. The van der Waals surface area contributed by atoms with E-state index < -0.39 is 15.9 Å². The van der Waals surface area contributed by atoms with Gasteiger partial charge in [-0.2, -0.15) is 0 Å². The Morgan fingerprint density at radius 1 is 1.48 bits per heavy atom. The highest BCUT2D eigenvalue weighted by molar-refractivity contribution is 9.10. The molecule has 2 rings (SSSR count). The maximum absolute atomic E-state index is 12.0. The third-order valence-corrected chi connectivity index (χ3v) is 5.73. The van der Waals surface area contributed by atoms with Gasteiger partial charge in [0.05, 0.1) is 16.0 Å². The summed E-state index contributed by atoms with van der Waals surface area (Å²) < 4.78 is 29.1. The maximum Gasteiger partial charge on any atom is 0.261 e. The van der Waals surface area contributed by atoms with E-state index in [4.69, 9.17) is 4.74 Å². The number of benzene rings is 1. The summed E-state index contributed by atoms with van der Waals surface area (Å²) in [4.78, 5) is 12.0. The molecule has 1 saturated heterocycles. The minimum Gasteiger partial charge on any atom is -0.480 e. The molecular weight excluding hydrogens is 358 g/mol. The number of rotatable bonds is 4. The van der Waals surface area contributed by atoms with Crippen LogP contribution in [0, 0.1) is 6.92 Å². The molecule has 21 heavy (non-hydrogen) atoms. The SMILES string of the molecule is Cc1ccc(O[C@@H](C)C(=O)N[C@H]2CCS(=O)(=O)C2)c(Br)c1. The number of carbonyl (C=O) groups excluding carboxylic acids is 1. The number of sulfone groups is 1. The number of nitrogens with one attached hydrogen (secondary N) is 1. The highest BCUT2D eigenvalue weighted by Gasteiger charge is 2.30. The molecule has 1 amide bonds. The van der Waals surface area contributed by atoms with Crippen molar-refractivity contribution in [3.63, 3.8) is 0 Å². The summed E-state index contributed by atoms with van der Waals surface area (Å²) in [6, 6.07) is 5.29. The van der Waals surface area contributed by atoms with Crippen LogP contribution in [0.3, 0.4) is 0 Å². The summed E-state index contributed by atoms with van der Waals surface area (Å²) in [5, 5.41) is 2.73. The fourth-order valence-electron chi connectivity index (χ4n) is 2.17. The molecule has 1 N–H and O–H groups in total. The molecule has 0 unspecified atom stereocenters. The predicted octanol–water partition coefficient (Wildman–Crippen LogP) is 1.83. The van der Waals surface area contributed by atoms with E-state index in [0.29, 0.717) is 12.2 Å². The molecule has 116 valence electrons. The number of hydrogen-bond acceptors (Lipinski definition) is 4. The zero-order chi connectivity index (χ0) is 15.6. The lowest BCUT2D eigenvalue weighted by atomic mass is 10.2. The average Bonchev–Trinajstić information content (AvgIpc) is 2.72. The Bertz CT molecular complexity index is 644. The highest BCUT2D eigenvalue weighted by Crippen LogP contribution is 2.26. The quantitative estimate of drug-likeness (QED) is 0.870. The molecular formula is C14H18BrNO4S. The van der Waals surface area contributed by atoms with Crippen LogP contribution in [0.25, 0.3) is 0 Å². The van der Waals surface area contributed by atoms with Gasteiger partial charge in [-0.25, -0.2) is 8.42 Å². The Labute approximate surface area is 133 Å². The van der Waals surface area contributed by atoms with Crippen molar-refractivity contribution in [3.8, 4) is 5.75 Å². The van der Waals surface area contributed by atoms with Gasteiger partial charge < -0.3 is 10.1 Å². The molecule has 1 aliphatic heterocycles. The molecule has 7 heteroatoms. The lowest BCUT2D eigenvalue weighted by Crippen LogP contribution is -2.43. The Morgan fingerprint density at radius 3 is 2.76 bits per heavy atom. The van der Waals surface area contributed by atoms with Crippen LogP contribution in [-0.4, -0.2) is 38.0 Å². The lowest BCUT2D eigenvalue weighted by molar-refractivity contribution is -0.127. The smallest absolute Gasteiger partial charge is 0.261 e. The van der Waals surface area contributed by atoms with Gasteiger partial charge in [-0.1, -0.05) is 6.07 Å². The Hall–Kier alpha value is -1.08. The summed E-state index contributed by atoms with van der Waals surface area (Å²) in [7, 11) is -3.00. The van der Waals surface area contributed by atoms with Crippen molar-refractivity contribution in [2.24, 2.45) is 0 Å². The van der Waals surface area contributed by atoms with Gasteiger partial charge in [-0.15, -0.1) is 0 Å². The lowest BCUT2D eigenvalue weighted by Gasteiger charge is -2.18. The minimum atomic E-state index is -3.00. The number of halogens is 1. The maximum atomic E-state index is 12.0. The largest absolute Gasteiger partial charge is 0.480 e. The average molecular weight is 376 g/mol. The Morgan fingerprint density at radius 2 is 2.19 bits per heavy atom. The first kappa shape index (κ1) is 16.3. The highest BCUT2D eigenvalue weighted by atomic mass is 79.9. The van der Waals surface area contributed by atoms with Crippen molar-refractivity contribution in [3.05, 3.63) is 28.2 Å². The number of aryl methyl sites for hydroxylation is 1. The molecule has 0 spiro atoms. The normalized spacial score (nSPS) is 21.8. The van der Waals surface area contributed by atoms with E-state index in [2.05, 4.69) is 21.2 Å². The molecule has 1 heterocycles. The molecule has 0 aromatic heterocycles. The molecule has 1 aromatic rings. The summed E-state index contributed by atoms with van der Waals surface area (Å²) in [5.41, 5.74) is 1.09. The van der Waals surface area contributed by atoms with Gasteiger partial charge in [0.15, 0.2) is 15.9 Å². The second-order valence-corrected chi connectivity index (χ2v) is 8.39. The zero-order valence-electron chi connectivity index (χ0n) is 11.9. The van der Waals surface area contributed by atoms with Crippen LogP contribution in [0.1, 0.15) is 18.9 Å². The van der Waals surface area contributed by atoms with Gasteiger partial charge in [0.25, 0.3) is 5.91 Å². The van der Waals surface area contributed by atoms with Crippen molar-refractivity contribution in [1.29, 1.82) is 0 Å². The van der Waals surface area contributed by atoms with Crippen LogP contribution in [-0.2, 0) is 14.6 Å². The molecule has 0 aliphatic carbocycles. The predicted molar refractivity (Wildman–Crippen MR) is 84.2 cm³/mol. The van der Waals surface area contributed by atoms with Gasteiger partial charge in [-0.05, 0) is 53.9 Å². The van der Waals surface area contributed by atoms with Crippen LogP contribution in [0.2, 0.25) is 0 Å². The third-order valence-electron chi connectivity index (χ3n) is 3.34. The van der Waals surface area contributed by atoms with Crippen molar-refractivity contribution in [2.45, 2.75) is 32.4 Å². The van der Waals surface area contributed by atoms with E-state index in [1.165, 1.54) is 0 Å². The van der Waals surface area contributed by atoms with Crippen LogP contribution >= 0.6 is 15.9 Å². The number of ether oxygens (including phenoxy) is 1. The first-order chi connectivity index (χ1) is 9.77. The Kier molecular flexibility index (Phi) is 4.93. The number of hydrogen-bond donors (Lipinski definition) is 1. The molecule has 1 aromatic carbocycles. The summed E-state index contributed by atoms with van der Waals surface area (Å²) in [5.74, 6) is 0.433. The molecule has 0 bridgehead atoms. The molecule has 0 radical (unpaired) electrons. The topological polar surface area (TPSA) is 72.5 Å². The van der Waals surface area contributed by atoms with Crippen LogP contribution in [0.5, 0.6) is 5.75 Å². The fourth-order valence-corrected chi connectivity index (χ4v) is 4.43. The Balaban J connectivity index is 1.94. The summed E-state index contributed by atoms with van der Waals surface area (Å²) >= 11 is 3.39. The van der Waals surface area contributed by atoms with Crippen LogP contribution in [0.4, 0.5) is 0 Å². The van der Waals surface area contributed by atoms with Gasteiger partial charge >= 0.3 is 0 Å². The summed E-state index contributed by atoms with van der Waals surface area (Å²) in [6.07, 6.45) is -0.220. The molecule has 0 saturated carbocycles. The van der Waals surface area contributed by atoms with E-state index in [0.717, 1.165) is 10.0 Å². The first-order valence-corrected chi connectivity index (χ1v) is 9.32. The summed E-state index contributed by atoms with van der Waals surface area (Å²) in [6.45, 7) is 3.61. The number of amides is 1. The van der Waals surface area contributed by atoms with Gasteiger partial charge in [0.1, 0.15) is 5.75 Å². The van der Waals surface area contributed by atoms with Gasteiger partial charge in [0.2, 0.25) is 0 Å². The first-order valence-electron chi connectivity index (χ1n) is 6.70. The standard InChI is InChI=1S/C14H18BrNO4S/c1-9-3-4-13(12(15)7-9)20-10(2)14(17)16-11-5-6-21(18,19)8-11/h3-4,7,10-11H,5-6,8H2,1-2H3,(H,16,17)/t10-,11-/m0/s1. The van der Waals surface area contributed by atoms with E-state index in [9.17, 15) is 13.2 Å². The third kappa shape index (κ3) is 4.44. The molecule has 1 fully saturated rings.